The number of nitrogens with two attached hydrogens (primary N) is 2. The molecule has 4 unspecified atom stereocenters. The first kappa shape index (κ1) is 20.9. The zero-order valence-electron chi connectivity index (χ0n) is 16.3. The van der Waals surface area contributed by atoms with Gasteiger partial charge in [0.15, 0.2) is 6.17 Å². The highest BCUT2D eigenvalue weighted by Gasteiger charge is 2.45. The van der Waals surface area contributed by atoms with Crippen molar-refractivity contribution in [3.63, 3.8) is 0 Å². The van der Waals surface area contributed by atoms with E-state index < -0.39 is 42.1 Å². The van der Waals surface area contributed by atoms with Crippen molar-refractivity contribution in [2.75, 3.05) is 26.7 Å². The van der Waals surface area contributed by atoms with Gasteiger partial charge < -0.3 is 20.9 Å². The fourth-order valence-corrected chi connectivity index (χ4v) is 4.50. The van der Waals surface area contributed by atoms with Gasteiger partial charge in [0, 0.05) is 25.0 Å². The predicted molar refractivity (Wildman–Crippen MR) is 101 cm³/mol. The van der Waals surface area contributed by atoms with Gasteiger partial charge in [-0.25, -0.2) is 9.18 Å². The highest BCUT2D eigenvalue weighted by atomic mass is 19.3. The van der Waals surface area contributed by atoms with E-state index in [1.807, 2.05) is 0 Å². The number of alkyl halides is 3. The number of methoxy groups -OCH3 is 1. The molecule has 0 radical (unpaired) electrons. The summed E-state index contributed by atoms with van der Waals surface area (Å²) in [5.41, 5.74) is 9.99. The van der Waals surface area contributed by atoms with Crippen molar-refractivity contribution >= 4 is 11.5 Å². The lowest BCUT2D eigenvalue weighted by Crippen LogP contribution is -2.63. The second kappa shape index (κ2) is 7.75. The third-order valence-corrected chi connectivity index (χ3v) is 6.02. The maximum absolute atomic E-state index is 15.5. The number of hydrogen-bond acceptors (Lipinski definition) is 7. The molecule has 1 saturated heterocycles. The molecule has 30 heavy (non-hydrogen) atoms. The van der Waals surface area contributed by atoms with Crippen molar-refractivity contribution in [1.82, 2.24) is 14.5 Å². The van der Waals surface area contributed by atoms with E-state index >= 15 is 4.39 Å². The summed E-state index contributed by atoms with van der Waals surface area (Å²) in [5, 5.41) is 0.0183. The Morgan fingerprint density at radius 1 is 1.27 bits per heavy atom. The van der Waals surface area contributed by atoms with Crippen molar-refractivity contribution in [2.24, 2.45) is 17.4 Å². The number of hydrogen-bond donors (Lipinski definition) is 3. The summed E-state index contributed by atoms with van der Waals surface area (Å²) in [6, 6.07) is -1.25. The minimum absolute atomic E-state index is 0.0242. The summed E-state index contributed by atoms with van der Waals surface area (Å²) in [5.74, 6) is -0.382. The molecule has 5 N–H and O–H groups in total. The number of aromatic amines is 1. The Kier molecular flexibility index (Phi) is 5.41. The van der Waals surface area contributed by atoms with Crippen LogP contribution < -0.4 is 33.3 Å². The molecule has 2 fully saturated rings. The number of H-pyrrole nitrogens is 1. The predicted octanol–water partition coefficient (Wildman–Crippen LogP) is -2.09. The maximum Gasteiger partial charge on any atom is 0.345 e. The average Bonchev–Trinajstić information content (AvgIpc) is 3.44. The number of fused-ring (bicyclic) bond motifs is 1. The molecule has 1 saturated carbocycles. The van der Waals surface area contributed by atoms with Gasteiger partial charge in [-0.1, -0.05) is 0 Å². The van der Waals surface area contributed by atoms with Crippen molar-refractivity contribution in [2.45, 2.75) is 43.8 Å². The Labute approximate surface area is 168 Å². The molecular formula is C18H24F3N5O4. The largest absolute Gasteiger partial charge is 0.497 e. The second-order valence-corrected chi connectivity index (χ2v) is 7.84. The van der Waals surface area contributed by atoms with Crippen LogP contribution in [-0.4, -0.2) is 66.1 Å². The first-order valence-corrected chi connectivity index (χ1v) is 9.72. The number of rotatable bonds is 6. The fourth-order valence-electron chi connectivity index (χ4n) is 4.50. The van der Waals surface area contributed by atoms with Gasteiger partial charge in [0.05, 0.1) is 29.5 Å². The van der Waals surface area contributed by atoms with Gasteiger partial charge in [0.2, 0.25) is 0 Å². The minimum Gasteiger partial charge on any atom is -0.497 e. The molecule has 4 atom stereocenters. The molecule has 4 rings (SSSR count). The molecule has 166 valence electrons. The number of nitrogens with zero attached hydrogens (tertiary/aromatic N) is 2. The smallest absolute Gasteiger partial charge is 0.345 e. The van der Waals surface area contributed by atoms with E-state index in [4.69, 9.17) is 16.2 Å². The Morgan fingerprint density at radius 3 is 2.53 bits per heavy atom. The SMILES string of the molecule is COC1=c2c(c(=O)[nH]c(=O)n2C2CC2)=C(N)C(F)C1N1CC(CN)C(OC(F)F)C1. The monoisotopic (exact) mass is 431 g/mol. The van der Waals surface area contributed by atoms with Crippen LogP contribution in [0.2, 0.25) is 0 Å². The number of aromatic nitrogens is 2. The van der Waals surface area contributed by atoms with Crippen LogP contribution >= 0.6 is 0 Å². The minimum atomic E-state index is -2.99. The molecule has 0 amide bonds. The van der Waals surface area contributed by atoms with Gasteiger partial charge >= 0.3 is 12.3 Å². The highest BCUT2D eigenvalue weighted by Crippen LogP contribution is 2.34. The van der Waals surface area contributed by atoms with Crippen LogP contribution in [0, 0.1) is 5.92 Å². The van der Waals surface area contributed by atoms with Crippen LogP contribution in [0.3, 0.4) is 0 Å². The second-order valence-electron chi connectivity index (χ2n) is 7.84. The van der Waals surface area contributed by atoms with Crippen LogP contribution in [0.4, 0.5) is 13.2 Å². The van der Waals surface area contributed by atoms with Gasteiger partial charge in [0.1, 0.15) is 11.8 Å². The Hall–Kier alpha value is -2.31. The molecule has 2 aliphatic carbocycles. The van der Waals surface area contributed by atoms with Crippen LogP contribution in [0.5, 0.6) is 0 Å². The first-order valence-electron chi connectivity index (χ1n) is 9.72. The number of nitrogens with one attached hydrogen (secondary N) is 1. The number of likely N-dealkylation sites (tertiary alicyclic amines) is 1. The Morgan fingerprint density at radius 2 is 1.97 bits per heavy atom. The summed E-state index contributed by atoms with van der Waals surface area (Å²) >= 11 is 0. The van der Waals surface area contributed by atoms with Crippen molar-refractivity contribution < 1.29 is 22.6 Å². The average molecular weight is 431 g/mol. The molecule has 0 bridgehead atoms. The zero-order chi connectivity index (χ0) is 21.7. The summed E-state index contributed by atoms with van der Waals surface area (Å²) in [7, 11) is 1.31. The third kappa shape index (κ3) is 3.32. The summed E-state index contributed by atoms with van der Waals surface area (Å²) in [6.45, 7) is -2.77. The van der Waals surface area contributed by atoms with E-state index in [0.717, 1.165) is 12.8 Å². The van der Waals surface area contributed by atoms with E-state index in [-0.39, 0.29) is 47.7 Å². The molecule has 1 aromatic heterocycles. The first-order chi connectivity index (χ1) is 14.3. The molecular weight excluding hydrogens is 407 g/mol. The normalized spacial score (nSPS) is 29.5. The van der Waals surface area contributed by atoms with E-state index in [9.17, 15) is 18.4 Å². The highest BCUT2D eigenvalue weighted by molar-refractivity contribution is 5.60. The Bertz CT molecular complexity index is 1070. The number of ether oxygens (including phenoxy) is 2. The van der Waals surface area contributed by atoms with Crippen LogP contribution in [0.15, 0.2) is 9.59 Å². The molecule has 0 aromatic carbocycles. The van der Waals surface area contributed by atoms with E-state index in [2.05, 4.69) is 9.72 Å². The Balaban J connectivity index is 1.89. The van der Waals surface area contributed by atoms with Gasteiger partial charge in [-0.15, -0.1) is 0 Å². The zero-order valence-corrected chi connectivity index (χ0v) is 16.3. The van der Waals surface area contributed by atoms with Crippen LogP contribution in [0.25, 0.3) is 11.5 Å². The lowest BCUT2D eigenvalue weighted by Gasteiger charge is -2.34. The molecule has 3 aliphatic rings. The van der Waals surface area contributed by atoms with Gasteiger partial charge in [-0.3, -0.25) is 19.2 Å². The fraction of sp³-hybridized carbons (Fsp3) is 0.667. The van der Waals surface area contributed by atoms with Crippen LogP contribution in [0.1, 0.15) is 18.9 Å². The third-order valence-electron chi connectivity index (χ3n) is 6.02. The topological polar surface area (TPSA) is 129 Å². The molecule has 1 aliphatic heterocycles. The standard InChI is InChI=1S/C18H24F3N5O4/c1-29-15-13-10(16(27)24-18(28)26(13)8-2-3-8)12(23)11(19)14(15)25-5-7(4-22)9(6-25)30-17(20)21/h7-9,11,14,17H,2-6,22-23H2,1H3,(H,24,27,28). The van der Waals surface area contributed by atoms with E-state index in [1.54, 1.807) is 4.90 Å². The van der Waals surface area contributed by atoms with Crippen LogP contribution in [-0.2, 0) is 9.47 Å². The summed E-state index contributed by atoms with van der Waals surface area (Å²) in [4.78, 5) is 28.7. The van der Waals surface area contributed by atoms with Crippen molar-refractivity contribution in [3.8, 4) is 0 Å². The molecule has 12 heteroatoms. The molecule has 2 heterocycles. The van der Waals surface area contributed by atoms with Crippen molar-refractivity contribution in [3.05, 3.63) is 31.4 Å². The van der Waals surface area contributed by atoms with Gasteiger partial charge in [-0.2, -0.15) is 8.78 Å². The van der Waals surface area contributed by atoms with E-state index in [0.29, 0.717) is 0 Å². The lowest BCUT2D eigenvalue weighted by molar-refractivity contribution is -0.167. The van der Waals surface area contributed by atoms with Gasteiger partial charge in [0.25, 0.3) is 5.56 Å². The number of halogens is 3. The summed E-state index contributed by atoms with van der Waals surface area (Å²) in [6.07, 6.45) is -1.29. The molecule has 1 aromatic rings. The molecule has 9 nitrogen and oxygen atoms in total. The van der Waals surface area contributed by atoms with Gasteiger partial charge in [-0.05, 0) is 19.4 Å². The van der Waals surface area contributed by atoms with E-state index in [1.165, 1.54) is 11.7 Å². The lowest BCUT2D eigenvalue weighted by atomic mass is 9.98. The van der Waals surface area contributed by atoms with Crippen molar-refractivity contribution in [1.29, 1.82) is 0 Å². The summed E-state index contributed by atoms with van der Waals surface area (Å²) < 4.78 is 52.6. The quantitative estimate of drug-likeness (QED) is 0.471. The molecule has 0 spiro atoms. The maximum atomic E-state index is 15.5.